The van der Waals surface area contributed by atoms with Gasteiger partial charge in [0.25, 0.3) is 5.69 Å². The van der Waals surface area contributed by atoms with E-state index in [0.29, 0.717) is 11.3 Å². The Morgan fingerprint density at radius 3 is 2.67 bits per heavy atom. The summed E-state index contributed by atoms with van der Waals surface area (Å²) in [5, 5.41) is 22.2. The number of carboxylic acids is 1. The second kappa shape index (κ2) is 7.63. The number of hydrogen-bond acceptors (Lipinski definition) is 5. The number of nitrogens with one attached hydrogen (secondary N) is 1. The van der Waals surface area contributed by atoms with Gasteiger partial charge in [-0.05, 0) is 12.5 Å². The van der Waals surface area contributed by atoms with Crippen molar-refractivity contribution in [1.82, 2.24) is 5.32 Å². The number of carboxylic acid groups (broad SMARTS) is 1. The SMILES string of the molecule is CC(=O)NC(CSCc1cccc([N+](=O)[O-])c1C)C(=O)O. The highest BCUT2D eigenvalue weighted by Crippen LogP contribution is 2.24. The Bertz CT molecular complexity index is 561. The molecule has 8 heteroatoms. The Morgan fingerprint density at radius 2 is 2.14 bits per heavy atom. The molecule has 2 N–H and O–H groups in total. The summed E-state index contributed by atoms with van der Waals surface area (Å²) in [6.45, 7) is 2.92. The largest absolute Gasteiger partial charge is 0.480 e. The minimum Gasteiger partial charge on any atom is -0.480 e. The quantitative estimate of drug-likeness (QED) is 0.586. The molecule has 0 bridgehead atoms. The molecule has 0 saturated carbocycles. The van der Waals surface area contributed by atoms with Gasteiger partial charge in [-0.25, -0.2) is 4.79 Å². The van der Waals surface area contributed by atoms with E-state index in [4.69, 9.17) is 5.11 Å². The lowest BCUT2D eigenvalue weighted by Crippen LogP contribution is -2.41. The number of nitro groups is 1. The maximum atomic E-state index is 11.0. The summed E-state index contributed by atoms with van der Waals surface area (Å²) in [5.41, 5.74) is 1.40. The average molecular weight is 312 g/mol. The van der Waals surface area contributed by atoms with Crippen LogP contribution in [0.3, 0.4) is 0 Å². The summed E-state index contributed by atoms with van der Waals surface area (Å²) in [6, 6.07) is 3.83. The molecule has 1 atom stereocenters. The topological polar surface area (TPSA) is 110 Å². The Morgan fingerprint density at radius 1 is 1.48 bits per heavy atom. The van der Waals surface area contributed by atoms with Crippen molar-refractivity contribution in [2.75, 3.05) is 5.75 Å². The van der Waals surface area contributed by atoms with Gasteiger partial charge in [0.2, 0.25) is 5.91 Å². The lowest BCUT2D eigenvalue weighted by molar-refractivity contribution is -0.385. The normalized spacial score (nSPS) is 11.7. The van der Waals surface area contributed by atoms with E-state index in [1.165, 1.54) is 24.8 Å². The minimum atomic E-state index is -1.10. The van der Waals surface area contributed by atoms with Gasteiger partial charge in [-0.2, -0.15) is 11.8 Å². The van der Waals surface area contributed by atoms with E-state index >= 15 is 0 Å². The van der Waals surface area contributed by atoms with Gasteiger partial charge in [0.1, 0.15) is 6.04 Å². The van der Waals surface area contributed by atoms with Crippen LogP contribution in [0.1, 0.15) is 18.1 Å². The first-order valence-electron chi connectivity index (χ1n) is 6.13. The van der Waals surface area contributed by atoms with Gasteiger partial charge in [-0.3, -0.25) is 14.9 Å². The number of benzene rings is 1. The number of amides is 1. The zero-order chi connectivity index (χ0) is 16.0. The van der Waals surface area contributed by atoms with E-state index < -0.39 is 22.8 Å². The molecule has 21 heavy (non-hydrogen) atoms. The monoisotopic (exact) mass is 312 g/mol. The highest BCUT2D eigenvalue weighted by Gasteiger charge is 2.19. The van der Waals surface area contributed by atoms with Crippen LogP contribution in [0.2, 0.25) is 0 Å². The molecule has 1 aromatic rings. The number of thioether (sulfide) groups is 1. The van der Waals surface area contributed by atoms with Crippen molar-refractivity contribution in [3.63, 3.8) is 0 Å². The van der Waals surface area contributed by atoms with E-state index in [-0.39, 0.29) is 11.4 Å². The van der Waals surface area contributed by atoms with Crippen LogP contribution in [0.15, 0.2) is 18.2 Å². The fourth-order valence-electron chi connectivity index (χ4n) is 1.73. The lowest BCUT2D eigenvalue weighted by Gasteiger charge is -2.13. The molecule has 0 aliphatic rings. The highest BCUT2D eigenvalue weighted by molar-refractivity contribution is 7.98. The van der Waals surface area contributed by atoms with Crippen molar-refractivity contribution >= 4 is 29.3 Å². The fraction of sp³-hybridized carbons (Fsp3) is 0.385. The van der Waals surface area contributed by atoms with E-state index in [0.717, 1.165) is 5.56 Å². The predicted molar refractivity (Wildman–Crippen MR) is 79.2 cm³/mol. The summed E-state index contributed by atoms with van der Waals surface area (Å²) in [7, 11) is 0. The zero-order valence-electron chi connectivity index (χ0n) is 11.7. The van der Waals surface area contributed by atoms with Crippen molar-refractivity contribution in [1.29, 1.82) is 0 Å². The molecule has 1 aromatic carbocycles. The fourth-order valence-corrected chi connectivity index (χ4v) is 2.84. The summed E-state index contributed by atoms with van der Waals surface area (Å²) in [5.74, 6) is -0.878. The van der Waals surface area contributed by atoms with E-state index in [1.807, 2.05) is 0 Å². The van der Waals surface area contributed by atoms with Crippen LogP contribution < -0.4 is 5.32 Å². The molecule has 7 nitrogen and oxygen atoms in total. The van der Waals surface area contributed by atoms with Gasteiger partial charge in [-0.1, -0.05) is 12.1 Å². The highest BCUT2D eigenvalue weighted by atomic mass is 32.2. The molecule has 1 rings (SSSR count). The lowest BCUT2D eigenvalue weighted by atomic mass is 10.1. The van der Waals surface area contributed by atoms with E-state index in [1.54, 1.807) is 19.1 Å². The second-order valence-electron chi connectivity index (χ2n) is 4.42. The number of aliphatic carboxylic acids is 1. The van der Waals surface area contributed by atoms with Crippen molar-refractivity contribution in [2.24, 2.45) is 0 Å². The summed E-state index contributed by atoms with van der Waals surface area (Å²) in [6.07, 6.45) is 0. The van der Waals surface area contributed by atoms with Crippen LogP contribution in [-0.4, -0.2) is 33.7 Å². The van der Waals surface area contributed by atoms with Crippen molar-refractivity contribution in [3.05, 3.63) is 39.4 Å². The van der Waals surface area contributed by atoms with Crippen LogP contribution in [0.5, 0.6) is 0 Å². The molecule has 0 fully saturated rings. The summed E-state index contributed by atoms with van der Waals surface area (Å²) in [4.78, 5) is 32.3. The van der Waals surface area contributed by atoms with Crippen LogP contribution in [-0.2, 0) is 15.3 Å². The molecular formula is C13H16N2O5S. The van der Waals surface area contributed by atoms with Gasteiger partial charge in [-0.15, -0.1) is 0 Å². The Balaban J connectivity index is 2.67. The predicted octanol–water partition coefficient (Wildman–Crippen LogP) is 1.73. The van der Waals surface area contributed by atoms with Crippen molar-refractivity contribution in [2.45, 2.75) is 25.6 Å². The first-order chi connectivity index (χ1) is 9.82. The van der Waals surface area contributed by atoms with Gasteiger partial charge < -0.3 is 10.4 Å². The smallest absolute Gasteiger partial charge is 0.327 e. The second-order valence-corrected chi connectivity index (χ2v) is 5.46. The zero-order valence-corrected chi connectivity index (χ0v) is 12.5. The number of rotatable bonds is 7. The average Bonchev–Trinajstić information content (AvgIpc) is 2.38. The summed E-state index contributed by atoms with van der Waals surface area (Å²) < 4.78 is 0. The Kier molecular flexibility index (Phi) is 6.16. The van der Waals surface area contributed by atoms with E-state index in [2.05, 4.69) is 5.32 Å². The Labute approximate surface area is 125 Å². The molecule has 0 aliphatic heterocycles. The maximum absolute atomic E-state index is 11.0. The van der Waals surface area contributed by atoms with Crippen molar-refractivity contribution < 1.29 is 19.6 Å². The number of hydrogen-bond donors (Lipinski definition) is 2. The van der Waals surface area contributed by atoms with Gasteiger partial charge >= 0.3 is 5.97 Å². The third-order valence-corrected chi connectivity index (χ3v) is 3.92. The van der Waals surface area contributed by atoms with E-state index in [9.17, 15) is 19.7 Å². The molecule has 0 spiro atoms. The van der Waals surface area contributed by atoms with Crippen LogP contribution in [0.25, 0.3) is 0 Å². The standard InChI is InChI=1S/C13H16N2O5S/c1-8-10(4-3-5-12(8)15(19)20)6-21-7-11(13(17)18)14-9(2)16/h3-5,11H,6-7H2,1-2H3,(H,14,16)(H,17,18). The maximum Gasteiger partial charge on any atom is 0.327 e. The molecule has 0 aromatic heterocycles. The van der Waals surface area contributed by atoms with Gasteiger partial charge in [0, 0.05) is 30.1 Å². The van der Waals surface area contributed by atoms with Crippen LogP contribution in [0, 0.1) is 17.0 Å². The molecule has 0 aliphatic carbocycles. The molecule has 114 valence electrons. The van der Waals surface area contributed by atoms with Gasteiger partial charge in [0.05, 0.1) is 4.92 Å². The van der Waals surface area contributed by atoms with Crippen LogP contribution in [0.4, 0.5) is 5.69 Å². The number of carbonyl (C=O) groups is 2. The number of carbonyl (C=O) groups excluding carboxylic acids is 1. The first kappa shape index (κ1) is 17.0. The molecular weight excluding hydrogens is 296 g/mol. The minimum absolute atomic E-state index is 0.0461. The van der Waals surface area contributed by atoms with Crippen LogP contribution >= 0.6 is 11.8 Å². The number of nitro benzene ring substituents is 1. The third kappa shape index (κ3) is 5.07. The third-order valence-electron chi connectivity index (χ3n) is 2.83. The summed E-state index contributed by atoms with van der Waals surface area (Å²) >= 11 is 1.30. The first-order valence-corrected chi connectivity index (χ1v) is 7.29. The molecule has 1 amide bonds. The Hall–Kier alpha value is -2.09. The van der Waals surface area contributed by atoms with Gasteiger partial charge in [0.15, 0.2) is 0 Å². The number of nitrogens with zero attached hydrogens (tertiary/aromatic N) is 1. The van der Waals surface area contributed by atoms with Crippen molar-refractivity contribution in [3.8, 4) is 0 Å². The molecule has 0 saturated heterocycles. The molecule has 0 heterocycles. The molecule has 0 radical (unpaired) electrons. The molecule has 1 unspecified atom stereocenters.